The molecule has 2 unspecified atom stereocenters. The number of carbonyl (C=O) groups is 1. The predicted octanol–water partition coefficient (Wildman–Crippen LogP) is 3.45. The molecule has 5 N–H and O–H groups in total. The van der Waals surface area contributed by atoms with Crippen molar-refractivity contribution in [1.82, 2.24) is 5.32 Å². The highest BCUT2D eigenvalue weighted by molar-refractivity contribution is 6.39. The van der Waals surface area contributed by atoms with Gasteiger partial charge in [-0.05, 0) is 55.3 Å². The Labute approximate surface area is 167 Å². The van der Waals surface area contributed by atoms with Crippen molar-refractivity contribution in [2.45, 2.75) is 25.5 Å². The Bertz CT molecular complexity index is 761. The molecule has 2 atom stereocenters. The van der Waals surface area contributed by atoms with Crippen LogP contribution in [0.3, 0.4) is 0 Å². The summed E-state index contributed by atoms with van der Waals surface area (Å²) in [6.45, 7) is 2.19. The first-order chi connectivity index (χ1) is 12.8. The van der Waals surface area contributed by atoms with Gasteiger partial charge in [-0.15, -0.1) is 0 Å². The van der Waals surface area contributed by atoms with Crippen molar-refractivity contribution in [1.29, 1.82) is 0 Å². The van der Waals surface area contributed by atoms with Crippen LogP contribution in [0, 0.1) is 0 Å². The van der Waals surface area contributed by atoms with Gasteiger partial charge in [0.2, 0.25) is 0 Å². The summed E-state index contributed by atoms with van der Waals surface area (Å²) in [7, 11) is 0. The molecule has 0 saturated heterocycles. The van der Waals surface area contributed by atoms with E-state index in [9.17, 15) is 15.0 Å². The zero-order valence-corrected chi connectivity index (χ0v) is 16.3. The Balaban J connectivity index is 1.90. The van der Waals surface area contributed by atoms with Crippen molar-refractivity contribution >= 4 is 34.9 Å². The molecular weight excluding hydrogens is 391 g/mol. The minimum absolute atomic E-state index is 0.154. The van der Waals surface area contributed by atoms with Gasteiger partial charge >= 0.3 is 5.97 Å². The molecule has 8 heteroatoms. The Morgan fingerprint density at radius 1 is 1.15 bits per heavy atom. The third kappa shape index (κ3) is 6.29. The molecule has 0 aliphatic carbocycles. The number of phenolic OH excluding ortho intramolecular Hbond substituents is 1. The molecule has 0 saturated carbocycles. The van der Waals surface area contributed by atoms with Gasteiger partial charge in [-0.1, -0.05) is 35.3 Å². The zero-order chi connectivity index (χ0) is 20.0. The number of aromatic hydroxyl groups is 1. The highest BCUT2D eigenvalue weighted by Gasteiger charge is 2.16. The molecule has 0 aromatic heterocycles. The smallest absolute Gasteiger partial charge is 0.322 e. The van der Waals surface area contributed by atoms with Gasteiger partial charge in [0, 0.05) is 6.04 Å². The minimum atomic E-state index is -1.00. The molecule has 0 bridgehead atoms. The van der Waals surface area contributed by atoms with Crippen molar-refractivity contribution in [3.63, 3.8) is 0 Å². The van der Waals surface area contributed by atoms with Crippen LogP contribution in [-0.2, 0) is 11.2 Å². The molecule has 2 aromatic rings. The number of rotatable bonds is 9. The second kappa shape index (κ2) is 9.80. The number of benzene rings is 2. The number of phenols is 1. The molecule has 0 amide bonds. The molecule has 2 rings (SSSR count). The standard InChI is InChI=1S/C19H22Cl2N2O4/c1-11(19(27)13-2-4-14(24)5-3-13)22-7-6-12-8-15(20)18(16(21)9-12)23-10-17(25)26/h2-5,8-9,11,19,22-24,27H,6-7,10H2,1H3,(H,25,26). The second-order valence-electron chi connectivity index (χ2n) is 6.21. The SMILES string of the molecule is CC(NCCc1cc(Cl)c(NCC(=O)O)c(Cl)c1)C(O)c1ccc(O)cc1. The summed E-state index contributed by atoms with van der Waals surface area (Å²) in [5, 5.41) is 35.1. The number of aliphatic hydroxyl groups excluding tert-OH is 1. The van der Waals surface area contributed by atoms with E-state index >= 15 is 0 Å². The topological polar surface area (TPSA) is 102 Å². The van der Waals surface area contributed by atoms with Crippen molar-refractivity contribution in [2.75, 3.05) is 18.4 Å². The van der Waals surface area contributed by atoms with Crippen LogP contribution in [0.4, 0.5) is 5.69 Å². The van der Waals surface area contributed by atoms with Crippen molar-refractivity contribution in [2.24, 2.45) is 0 Å². The van der Waals surface area contributed by atoms with Crippen molar-refractivity contribution in [3.05, 3.63) is 57.6 Å². The summed E-state index contributed by atoms with van der Waals surface area (Å²) >= 11 is 12.4. The van der Waals surface area contributed by atoms with Crippen LogP contribution in [0.1, 0.15) is 24.2 Å². The lowest BCUT2D eigenvalue weighted by Crippen LogP contribution is -2.33. The Hall–Kier alpha value is -1.99. The van der Waals surface area contributed by atoms with E-state index in [4.69, 9.17) is 28.3 Å². The number of anilines is 1. The number of aliphatic carboxylic acids is 1. The lowest BCUT2D eigenvalue weighted by molar-refractivity contribution is -0.134. The maximum absolute atomic E-state index is 10.7. The van der Waals surface area contributed by atoms with Crippen LogP contribution in [0.2, 0.25) is 10.0 Å². The quantitative estimate of drug-likeness (QED) is 0.432. The Kier molecular flexibility index (Phi) is 7.74. The van der Waals surface area contributed by atoms with E-state index in [1.54, 1.807) is 24.3 Å². The third-order valence-electron chi connectivity index (χ3n) is 4.11. The predicted molar refractivity (Wildman–Crippen MR) is 107 cm³/mol. The maximum Gasteiger partial charge on any atom is 0.322 e. The summed E-state index contributed by atoms with van der Waals surface area (Å²) in [5.41, 5.74) is 2.01. The number of carboxylic acid groups (broad SMARTS) is 1. The first kappa shape index (κ1) is 21.3. The molecule has 0 aliphatic heterocycles. The van der Waals surface area contributed by atoms with Crippen LogP contribution in [-0.4, -0.2) is 40.4 Å². The summed E-state index contributed by atoms with van der Waals surface area (Å²) in [6.07, 6.45) is -0.0777. The summed E-state index contributed by atoms with van der Waals surface area (Å²) in [5.74, 6) is -0.849. The van der Waals surface area contributed by atoms with Gasteiger partial charge in [-0.25, -0.2) is 0 Å². The fourth-order valence-corrected chi connectivity index (χ4v) is 3.28. The van der Waals surface area contributed by atoms with Gasteiger partial charge in [0.25, 0.3) is 0 Å². The average Bonchev–Trinajstić information content (AvgIpc) is 2.60. The summed E-state index contributed by atoms with van der Waals surface area (Å²) in [4.78, 5) is 10.7. The summed E-state index contributed by atoms with van der Waals surface area (Å²) < 4.78 is 0. The molecule has 0 heterocycles. The fourth-order valence-electron chi connectivity index (χ4n) is 2.62. The molecule has 0 aliphatic rings. The number of aliphatic hydroxyl groups is 1. The first-order valence-corrected chi connectivity index (χ1v) is 9.17. The van der Waals surface area contributed by atoms with Crippen LogP contribution < -0.4 is 10.6 Å². The number of nitrogens with one attached hydrogen (secondary N) is 2. The van der Waals surface area contributed by atoms with Crippen molar-refractivity contribution < 1.29 is 20.1 Å². The molecule has 0 fully saturated rings. The molecule has 2 aromatic carbocycles. The zero-order valence-electron chi connectivity index (χ0n) is 14.7. The van der Waals surface area contributed by atoms with E-state index in [0.29, 0.717) is 34.3 Å². The van der Waals surface area contributed by atoms with Crippen LogP contribution in [0.25, 0.3) is 0 Å². The van der Waals surface area contributed by atoms with E-state index in [1.165, 1.54) is 12.1 Å². The Morgan fingerprint density at radius 2 is 1.74 bits per heavy atom. The number of halogens is 2. The molecule has 0 radical (unpaired) electrons. The number of hydrogen-bond donors (Lipinski definition) is 5. The van der Waals surface area contributed by atoms with Gasteiger partial charge in [0.15, 0.2) is 0 Å². The fraction of sp³-hybridized carbons (Fsp3) is 0.316. The summed E-state index contributed by atoms with van der Waals surface area (Å²) in [6, 6.07) is 9.71. The maximum atomic E-state index is 10.7. The molecule has 27 heavy (non-hydrogen) atoms. The lowest BCUT2D eigenvalue weighted by Gasteiger charge is -2.21. The van der Waals surface area contributed by atoms with E-state index < -0.39 is 12.1 Å². The van der Waals surface area contributed by atoms with Crippen LogP contribution >= 0.6 is 23.2 Å². The molecule has 6 nitrogen and oxygen atoms in total. The van der Waals surface area contributed by atoms with E-state index in [1.807, 2.05) is 6.92 Å². The average molecular weight is 413 g/mol. The largest absolute Gasteiger partial charge is 0.508 e. The van der Waals surface area contributed by atoms with Gasteiger partial charge in [-0.2, -0.15) is 0 Å². The van der Waals surface area contributed by atoms with E-state index in [2.05, 4.69) is 10.6 Å². The van der Waals surface area contributed by atoms with Gasteiger partial charge in [-0.3, -0.25) is 4.79 Å². The normalized spacial score (nSPS) is 13.2. The number of carboxylic acids is 1. The van der Waals surface area contributed by atoms with Gasteiger partial charge in [0.05, 0.1) is 21.8 Å². The van der Waals surface area contributed by atoms with E-state index in [0.717, 1.165) is 5.56 Å². The molecular formula is C19H22Cl2N2O4. The van der Waals surface area contributed by atoms with Gasteiger partial charge < -0.3 is 26.0 Å². The minimum Gasteiger partial charge on any atom is -0.508 e. The monoisotopic (exact) mass is 412 g/mol. The number of hydrogen-bond acceptors (Lipinski definition) is 5. The van der Waals surface area contributed by atoms with Gasteiger partial charge in [0.1, 0.15) is 12.3 Å². The first-order valence-electron chi connectivity index (χ1n) is 8.42. The third-order valence-corrected chi connectivity index (χ3v) is 4.70. The van der Waals surface area contributed by atoms with Crippen molar-refractivity contribution in [3.8, 4) is 5.75 Å². The Morgan fingerprint density at radius 3 is 2.30 bits per heavy atom. The highest BCUT2D eigenvalue weighted by atomic mass is 35.5. The van der Waals surface area contributed by atoms with E-state index in [-0.39, 0.29) is 18.3 Å². The molecule has 0 spiro atoms. The lowest BCUT2D eigenvalue weighted by atomic mass is 10.0. The van der Waals surface area contributed by atoms with Crippen LogP contribution in [0.5, 0.6) is 5.75 Å². The highest BCUT2D eigenvalue weighted by Crippen LogP contribution is 2.32. The second-order valence-corrected chi connectivity index (χ2v) is 7.03. The molecule has 146 valence electrons. The van der Waals surface area contributed by atoms with Crippen LogP contribution in [0.15, 0.2) is 36.4 Å².